The first-order chi connectivity index (χ1) is 10.9. The Bertz CT molecular complexity index is 800. The van der Waals surface area contributed by atoms with Crippen molar-refractivity contribution < 1.29 is 13.2 Å². The van der Waals surface area contributed by atoms with Crippen LogP contribution in [0.25, 0.3) is 5.69 Å². The molecule has 0 spiro atoms. The fraction of sp³-hybridized carbons (Fsp3) is 0.154. The van der Waals surface area contributed by atoms with Gasteiger partial charge in [-0.3, -0.25) is 0 Å². The summed E-state index contributed by atoms with van der Waals surface area (Å²) in [5, 5.41) is 6.92. The minimum absolute atomic E-state index is 0.287. The molecular weight excluding hydrogens is 351 g/mol. The van der Waals surface area contributed by atoms with Crippen LogP contribution in [0.15, 0.2) is 37.1 Å². The van der Waals surface area contributed by atoms with E-state index in [0.717, 1.165) is 17.0 Å². The molecule has 0 saturated carbocycles. The van der Waals surface area contributed by atoms with E-state index in [1.54, 1.807) is 6.20 Å². The zero-order valence-electron chi connectivity index (χ0n) is 11.4. The molecule has 2 heterocycles. The van der Waals surface area contributed by atoms with Gasteiger partial charge in [-0.2, -0.15) is 18.3 Å². The maximum atomic E-state index is 12.9. The summed E-state index contributed by atoms with van der Waals surface area (Å²) < 4.78 is 40.5. The Hall–Kier alpha value is -2.13. The summed E-state index contributed by atoms with van der Waals surface area (Å²) in [5.41, 5.74) is 0.00663. The molecule has 1 aromatic carbocycles. The minimum atomic E-state index is -4.43. The first-order valence-electron chi connectivity index (χ1n) is 6.34. The normalized spacial score (nSPS) is 11.7. The summed E-state index contributed by atoms with van der Waals surface area (Å²) in [5.74, 6) is 0. The highest BCUT2D eigenvalue weighted by Crippen LogP contribution is 2.33. The van der Waals surface area contributed by atoms with Crippen LogP contribution < -0.4 is 5.32 Å². The van der Waals surface area contributed by atoms with Crippen LogP contribution in [-0.2, 0) is 12.7 Å². The lowest BCUT2D eigenvalue weighted by atomic mass is 10.1. The van der Waals surface area contributed by atoms with E-state index < -0.39 is 11.7 Å². The number of alkyl halides is 3. The monoisotopic (exact) mass is 359 g/mol. The van der Waals surface area contributed by atoms with E-state index in [-0.39, 0.29) is 5.69 Å². The van der Waals surface area contributed by atoms with Crippen molar-refractivity contribution in [1.29, 1.82) is 0 Å². The van der Waals surface area contributed by atoms with Crippen molar-refractivity contribution in [3.05, 3.63) is 52.0 Å². The van der Waals surface area contributed by atoms with Crippen molar-refractivity contribution in [2.45, 2.75) is 12.7 Å². The van der Waals surface area contributed by atoms with Crippen LogP contribution in [0.4, 0.5) is 18.9 Å². The smallest absolute Gasteiger partial charge is 0.378 e. The van der Waals surface area contributed by atoms with Crippen LogP contribution in [0.1, 0.15) is 10.4 Å². The molecule has 120 valence electrons. The number of anilines is 1. The predicted molar refractivity (Wildman–Crippen MR) is 80.8 cm³/mol. The van der Waals surface area contributed by atoms with Gasteiger partial charge in [0.15, 0.2) is 4.47 Å². The van der Waals surface area contributed by atoms with E-state index in [0.29, 0.717) is 16.7 Å². The van der Waals surface area contributed by atoms with Gasteiger partial charge in [0.05, 0.1) is 23.5 Å². The molecule has 10 heteroatoms. The molecule has 0 bridgehead atoms. The molecule has 1 N–H and O–H groups in total. The Morgan fingerprint density at radius 2 is 2.13 bits per heavy atom. The van der Waals surface area contributed by atoms with E-state index in [1.807, 2.05) is 0 Å². The third-order valence-corrected chi connectivity index (χ3v) is 4.08. The number of hydrogen-bond donors (Lipinski definition) is 1. The number of aromatic nitrogens is 4. The lowest BCUT2D eigenvalue weighted by Gasteiger charge is -2.14. The second kappa shape index (κ2) is 6.17. The van der Waals surface area contributed by atoms with Gasteiger partial charge in [-0.25, -0.2) is 14.6 Å². The number of halogens is 4. The van der Waals surface area contributed by atoms with Gasteiger partial charge >= 0.3 is 6.18 Å². The fourth-order valence-electron chi connectivity index (χ4n) is 1.93. The van der Waals surface area contributed by atoms with Crippen LogP contribution in [0.5, 0.6) is 0 Å². The van der Waals surface area contributed by atoms with E-state index >= 15 is 0 Å². The van der Waals surface area contributed by atoms with E-state index in [1.165, 1.54) is 34.7 Å². The molecule has 0 atom stereocenters. The molecule has 2 aromatic heterocycles. The quantitative estimate of drug-likeness (QED) is 0.764. The Balaban J connectivity index is 1.93. The zero-order valence-corrected chi connectivity index (χ0v) is 13.0. The average molecular weight is 360 g/mol. The standard InChI is InChI=1S/C13H9ClF3N5S/c14-12-20-5-9(23-12)4-19-10-3-8(13(15,16)17)1-2-11(10)22-7-18-6-21-22/h1-3,5-7,19H,4H2. The van der Waals surface area contributed by atoms with E-state index in [2.05, 4.69) is 20.4 Å². The minimum Gasteiger partial charge on any atom is -0.378 e. The third-order valence-electron chi connectivity index (χ3n) is 2.97. The first kappa shape index (κ1) is 15.8. The second-order valence-electron chi connectivity index (χ2n) is 4.50. The maximum Gasteiger partial charge on any atom is 0.416 e. The van der Waals surface area contributed by atoms with Crippen molar-refractivity contribution >= 4 is 28.6 Å². The van der Waals surface area contributed by atoms with Crippen LogP contribution >= 0.6 is 22.9 Å². The highest BCUT2D eigenvalue weighted by molar-refractivity contribution is 7.15. The molecule has 0 aliphatic carbocycles. The highest BCUT2D eigenvalue weighted by Gasteiger charge is 2.31. The number of hydrogen-bond acceptors (Lipinski definition) is 5. The molecule has 0 amide bonds. The van der Waals surface area contributed by atoms with Crippen LogP contribution in [0.3, 0.4) is 0 Å². The Morgan fingerprint density at radius 1 is 1.30 bits per heavy atom. The lowest BCUT2D eigenvalue weighted by Crippen LogP contribution is -2.09. The Kier molecular flexibility index (Phi) is 4.22. The molecule has 5 nitrogen and oxygen atoms in total. The maximum absolute atomic E-state index is 12.9. The number of benzene rings is 1. The molecule has 0 saturated heterocycles. The summed E-state index contributed by atoms with van der Waals surface area (Å²) in [4.78, 5) is 8.51. The largest absolute Gasteiger partial charge is 0.416 e. The van der Waals surface area contributed by atoms with Crippen LogP contribution in [0.2, 0.25) is 4.47 Å². The van der Waals surface area contributed by atoms with Gasteiger partial charge in [-0.05, 0) is 18.2 Å². The van der Waals surface area contributed by atoms with E-state index in [9.17, 15) is 13.2 Å². The summed E-state index contributed by atoms with van der Waals surface area (Å²) in [6, 6.07) is 3.39. The van der Waals surface area contributed by atoms with Crippen molar-refractivity contribution in [2.75, 3.05) is 5.32 Å². The van der Waals surface area contributed by atoms with Gasteiger partial charge in [0.1, 0.15) is 12.7 Å². The molecule has 23 heavy (non-hydrogen) atoms. The number of rotatable bonds is 4. The lowest BCUT2D eigenvalue weighted by molar-refractivity contribution is -0.137. The summed E-state index contributed by atoms with van der Waals surface area (Å²) in [6.07, 6.45) is -0.129. The van der Waals surface area contributed by atoms with Gasteiger partial charge in [0.25, 0.3) is 0 Å². The summed E-state index contributed by atoms with van der Waals surface area (Å²) in [6.45, 7) is 0.299. The summed E-state index contributed by atoms with van der Waals surface area (Å²) >= 11 is 7.00. The van der Waals surface area contributed by atoms with Crippen LogP contribution in [0, 0.1) is 0 Å². The molecule has 3 aromatic rings. The molecule has 3 rings (SSSR count). The fourth-order valence-corrected chi connectivity index (χ4v) is 2.85. The average Bonchev–Trinajstić information content (AvgIpc) is 3.15. The van der Waals surface area contributed by atoms with Gasteiger partial charge in [0.2, 0.25) is 0 Å². The van der Waals surface area contributed by atoms with Crippen LogP contribution in [-0.4, -0.2) is 19.7 Å². The number of nitrogens with zero attached hydrogens (tertiary/aromatic N) is 4. The molecule has 0 aliphatic rings. The first-order valence-corrected chi connectivity index (χ1v) is 7.53. The summed E-state index contributed by atoms with van der Waals surface area (Å²) in [7, 11) is 0. The molecule has 0 radical (unpaired) electrons. The zero-order chi connectivity index (χ0) is 16.4. The van der Waals surface area contributed by atoms with Gasteiger partial charge in [-0.1, -0.05) is 11.6 Å². The van der Waals surface area contributed by atoms with E-state index in [4.69, 9.17) is 11.6 Å². The topological polar surface area (TPSA) is 55.6 Å². The highest BCUT2D eigenvalue weighted by atomic mass is 35.5. The molecule has 0 unspecified atom stereocenters. The van der Waals surface area contributed by atoms with Gasteiger partial charge in [-0.15, -0.1) is 11.3 Å². The SMILES string of the molecule is FC(F)(F)c1ccc(-n2cncn2)c(NCc2cnc(Cl)s2)c1. The Morgan fingerprint density at radius 3 is 2.74 bits per heavy atom. The van der Waals surface area contributed by atoms with Crippen molar-refractivity contribution in [1.82, 2.24) is 19.7 Å². The number of nitrogens with one attached hydrogen (secondary N) is 1. The van der Waals surface area contributed by atoms with Crippen molar-refractivity contribution in [3.63, 3.8) is 0 Å². The second-order valence-corrected chi connectivity index (χ2v) is 6.20. The third kappa shape index (κ3) is 3.62. The number of thiazole rings is 1. The Labute approximate surface area is 137 Å². The van der Waals surface area contributed by atoms with Gasteiger partial charge in [0, 0.05) is 11.1 Å². The van der Waals surface area contributed by atoms with Crippen molar-refractivity contribution in [2.24, 2.45) is 0 Å². The molecule has 0 aliphatic heterocycles. The molecule has 0 fully saturated rings. The van der Waals surface area contributed by atoms with Gasteiger partial charge < -0.3 is 5.32 Å². The molecular formula is C13H9ClF3N5S. The predicted octanol–water partition coefficient (Wildman–Crippen LogP) is 4.01. The van der Waals surface area contributed by atoms with Crippen molar-refractivity contribution in [3.8, 4) is 5.69 Å².